The Morgan fingerprint density at radius 1 is 1.23 bits per heavy atom. The van der Waals surface area contributed by atoms with Crippen molar-refractivity contribution >= 4 is 23.5 Å². The number of likely N-dealkylation sites (tertiary alicyclic amines) is 1. The molecule has 2 aliphatic rings. The smallest absolute Gasteiger partial charge is 0.409 e. The molecule has 2 aromatic rings. The molecular formula is C22H25FN4O3. The second-order valence-corrected chi connectivity index (χ2v) is 8.08. The van der Waals surface area contributed by atoms with E-state index >= 15 is 0 Å². The summed E-state index contributed by atoms with van der Waals surface area (Å²) in [6.07, 6.45) is 1.31. The van der Waals surface area contributed by atoms with Crippen molar-refractivity contribution in [3.8, 4) is 11.1 Å². The van der Waals surface area contributed by atoms with Crippen molar-refractivity contribution in [3.05, 3.63) is 35.8 Å². The summed E-state index contributed by atoms with van der Waals surface area (Å²) in [6.45, 7) is 7.18. The van der Waals surface area contributed by atoms with Crippen LogP contribution in [0.1, 0.15) is 43.6 Å². The zero-order chi connectivity index (χ0) is 21.5. The lowest BCUT2D eigenvalue weighted by atomic mass is 9.74. The highest BCUT2D eigenvalue weighted by molar-refractivity contribution is 6.10. The fourth-order valence-corrected chi connectivity index (χ4v) is 4.17. The Bertz CT molecular complexity index is 1020. The van der Waals surface area contributed by atoms with Crippen LogP contribution in [-0.4, -0.2) is 52.1 Å². The first kappa shape index (κ1) is 20.3. The molecule has 0 bridgehead atoms. The lowest BCUT2D eigenvalue weighted by molar-refractivity contribution is 0.0837. The Morgan fingerprint density at radius 3 is 2.53 bits per heavy atom. The average Bonchev–Trinajstić information content (AvgIpc) is 3.06. The fraction of sp³-hybridized carbons (Fsp3) is 0.455. The molecular weight excluding hydrogens is 387 g/mol. The second-order valence-electron chi connectivity index (χ2n) is 8.08. The number of carbonyl (C=O) groups is 2. The molecule has 0 saturated carbocycles. The predicted octanol–water partition coefficient (Wildman–Crippen LogP) is 4.37. The summed E-state index contributed by atoms with van der Waals surface area (Å²) < 4.78 is 19.8. The highest BCUT2D eigenvalue weighted by Crippen LogP contribution is 2.41. The molecule has 1 aromatic carbocycles. The van der Waals surface area contributed by atoms with Gasteiger partial charge in [0.25, 0.3) is 5.91 Å². The van der Waals surface area contributed by atoms with E-state index in [-0.39, 0.29) is 29.7 Å². The molecule has 7 nitrogen and oxygen atoms in total. The lowest BCUT2D eigenvalue weighted by Gasteiger charge is -2.40. The maximum Gasteiger partial charge on any atom is 0.409 e. The van der Waals surface area contributed by atoms with Gasteiger partial charge in [-0.05, 0) is 44.4 Å². The van der Waals surface area contributed by atoms with Crippen LogP contribution in [0.15, 0.2) is 29.3 Å². The van der Waals surface area contributed by atoms with Gasteiger partial charge in [0.05, 0.1) is 18.7 Å². The van der Waals surface area contributed by atoms with Crippen LogP contribution < -0.4 is 0 Å². The Balaban J connectivity index is 1.66. The van der Waals surface area contributed by atoms with E-state index < -0.39 is 0 Å². The van der Waals surface area contributed by atoms with Crippen LogP contribution >= 0.6 is 0 Å². The molecule has 8 heteroatoms. The number of aliphatic imine (C=N–C) groups is 1. The first-order valence-corrected chi connectivity index (χ1v) is 10.2. The SMILES string of the molecule is CCOC(=O)N1CCC(C)(C2=Nc3c(-c4ccc(F)cc4)c(C)nn3C(=O)C2)CC1. The van der Waals surface area contributed by atoms with Gasteiger partial charge < -0.3 is 9.64 Å². The number of amides is 1. The summed E-state index contributed by atoms with van der Waals surface area (Å²) in [6, 6.07) is 6.13. The topological polar surface area (TPSA) is 76.8 Å². The van der Waals surface area contributed by atoms with Crippen molar-refractivity contribution in [2.45, 2.75) is 40.0 Å². The van der Waals surface area contributed by atoms with E-state index in [9.17, 15) is 14.0 Å². The molecule has 0 aliphatic carbocycles. The van der Waals surface area contributed by atoms with E-state index in [1.54, 1.807) is 24.0 Å². The maximum atomic E-state index is 13.4. The largest absolute Gasteiger partial charge is 0.450 e. The van der Waals surface area contributed by atoms with Gasteiger partial charge in [-0.2, -0.15) is 9.78 Å². The number of fused-ring (bicyclic) bond motifs is 1. The molecule has 1 aromatic heterocycles. The highest BCUT2D eigenvalue weighted by atomic mass is 19.1. The summed E-state index contributed by atoms with van der Waals surface area (Å²) in [5, 5.41) is 4.39. The number of halogens is 1. The zero-order valence-corrected chi connectivity index (χ0v) is 17.4. The third kappa shape index (κ3) is 3.51. The van der Waals surface area contributed by atoms with Crippen LogP contribution in [0.3, 0.4) is 0 Å². The van der Waals surface area contributed by atoms with Crippen LogP contribution in [0.25, 0.3) is 11.1 Å². The number of aryl methyl sites for hydroxylation is 1. The standard InChI is InChI=1S/C22H25FN4O3/c1-4-30-21(29)26-11-9-22(3,10-12-26)17-13-18(28)27-20(24-17)19(14(2)25-27)15-5-7-16(23)8-6-15/h5-8H,4,9-13H2,1-3H3. The molecule has 0 radical (unpaired) electrons. The molecule has 0 unspecified atom stereocenters. The Morgan fingerprint density at radius 2 is 1.90 bits per heavy atom. The number of nitrogens with zero attached hydrogens (tertiary/aromatic N) is 4. The third-order valence-electron chi connectivity index (χ3n) is 6.05. The van der Waals surface area contributed by atoms with Gasteiger partial charge >= 0.3 is 6.09 Å². The number of piperidine rings is 1. The normalized spacial score (nSPS) is 18.1. The molecule has 2 aliphatic heterocycles. The molecule has 0 spiro atoms. The molecule has 0 N–H and O–H groups in total. The number of aromatic nitrogens is 2. The van der Waals surface area contributed by atoms with E-state index in [2.05, 4.69) is 12.0 Å². The fourth-order valence-electron chi connectivity index (χ4n) is 4.17. The molecule has 1 fully saturated rings. The van der Waals surface area contributed by atoms with Gasteiger partial charge in [-0.15, -0.1) is 0 Å². The van der Waals surface area contributed by atoms with Gasteiger partial charge in [-0.1, -0.05) is 19.1 Å². The number of carbonyl (C=O) groups excluding carboxylic acids is 2. The third-order valence-corrected chi connectivity index (χ3v) is 6.05. The summed E-state index contributed by atoms with van der Waals surface area (Å²) in [4.78, 5) is 31.5. The molecule has 158 valence electrons. The van der Waals surface area contributed by atoms with Crippen molar-refractivity contribution in [1.82, 2.24) is 14.7 Å². The van der Waals surface area contributed by atoms with E-state index in [1.165, 1.54) is 16.8 Å². The first-order chi connectivity index (χ1) is 14.3. The molecule has 4 rings (SSSR count). The predicted molar refractivity (Wildman–Crippen MR) is 111 cm³/mol. The summed E-state index contributed by atoms with van der Waals surface area (Å²) >= 11 is 0. The second kappa shape index (κ2) is 7.66. The highest BCUT2D eigenvalue weighted by Gasteiger charge is 2.40. The number of ether oxygens (including phenoxy) is 1. The number of benzene rings is 1. The van der Waals surface area contributed by atoms with Crippen molar-refractivity contribution in [2.75, 3.05) is 19.7 Å². The number of hydrogen-bond acceptors (Lipinski definition) is 5. The quantitative estimate of drug-likeness (QED) is 0.750. The minimum atomic E-state index is -0.321. The van der Waals surface area contributed by atoms with E-state index in [1.807, 2.05) is 6.92 Å². The van der Waals surface area contributed by atoms with E-state index in [0.29, 0.717) is 44.0 Å². The van der Waals surface area contributed by atoms with Crippen molar-refractivity contribution in [3.63, 3.8) is 0 Å². The molecule has 30 heavy (non-hydrogen) atoms. The minimum absolute atomic E-state index is 0.125. The van der Waals surface area contributed by atoms with Gasteiger partial charge in [0.1, 0.15) is 5.82 Å². The van der Waals surface area contributed by atoms with Crippen LogP contribution in [0.5, 0.6) is 0 Å². The molecule has 3 heterocycles. The molecule has 0 atom stereocenters. The lowest BCUT2D eigenvalue weighted by Crippen LogP contribution is -2.46. The van der Waals surface area contributed by atoms with Crippen molar-refractivity contribution < 1.29 is 18.7 Å². The van der Waals surface area contributed by atoms with E-state index in [0.717, 1.165) is 16.8 Å². The van der Waals surface area contributed by atoms with Gasteiger partial charge in [0, 0.05) is 29.8 Å². The summed E-state index contributed by atoms with van der Waals surface area (Å²) in [5.74, 6) is 0.0542. The average molecular weight is 412 g/mol. The summed E-state index contributed by atoms with van der Waals surface area (Å²) in [5.41, 5.74) is 2.72. The summed E-state index contributed by atoms with van der Waals surface area (Å²) in [7, 11) is 0. The van der Waals surface area contributed by atoms with Crippen LogP contribution in [-0.2, 0) is 4.74 Å². The molecule has 1 amide bonds. The van der Waals surface area contributed by atoms with Gasteiger partial charge in [-0.25, -0.2) is 14.2 Å². The van der Waals surface area contributed by atoms with Gasteiger partial charge in [0.15, 0.2) is 5.82 Å². The van der Waals surface area contributed by atoms with Crippen LogP contribution in [0.4, 0.5) is 15.0 Å². The number of hydrogen-bond donors (Lipinski definition) is 0. The van der Waals surface area contributed by atoms with Gasteiger partial charge in [0.2, 0.25) is 0 Å². The Kier molecular flexibility index (Phi) is 5.17. The zero-order valence-electron chi connectivity index (χ0n) is 17.4. The van der Waals surface area contributed by atoms with E-state index in [4.69, 9.17) is 9.73 Å². The first-order valence-electron chi connectivity index (χ1n) is 10.2. The van der Waals surface area contributed by atoms with Crippen molar-refractivity contribution in [2.24, 2.45) is 10.4 Å². The maximum absolute atomic E-state index is 13.4. The minimum Gasteiger partial charge on any atom is -0.450 e. The Labute approximate surface area is 174 Å². The monoisotopic (exact) mass is 412 g/mol. The molecule has 1 saturated heterocycles. The van der Waals surface area contributed by atoms with Crippen molar-refractivity contribution in [1.29, 1.82) is 0 Å². The van der Waals surface area contributed by atoms with Crippen LogP contribution in [0, 0.1) is 18.2 Å². The van der Waals surface area contributed by atoms with Gasteiger partial charge in [-0.3, -0.25) is 4.79 Å². The number of rotatable bonds is 3. The van der Waals surface area contributed by atoms with Crippen LogP contribution in [0.2, 0.25) is 0 Å². The Hall–Kier alpha value is -3.03.